The van der Waals surface area contributed by atoms with Gasteiger partial charge in [0.25, 0.3) is 5.91 Å². The summed E-state index contributed by atoms with van der Waals surface area (Å²) in [5.74, 6) is 0.178. The predicted octanol–water partition coefficient (Wildman–Crippen LogP) is 3.89. The second-order valence-electron chi connectivity index (χ2n) is 10.1. The molecular weight excluding hydrogens is 454 g/mol. The maximum atomic E-state index is 13.1. The maximum absolute atomic E-state index is 13.1. The molecule has 0 bridgehead atoms. The Morgan fingerprint density at radius 3 is 2.74 bits per heavy atom. The Labute approximate surface area is 205 Å². The zero-order valence-electron chi connectivity index (χ0n) is 20.2. The van der Waals surface area contributed by atoms with Gasteiger partial charge in [-0.15, -0.1) is 0 Å². The summed E-state index contributed by atoms with van der Waals surface area (Å²) in [5, 5.41) is 6.76. The number of amides is 2. The van der Waals surface area contributed by atoms with E-state index in [1.807, 2.05) is 19.1 Å². The summed E-state index contributed by atoms with van der Waals surface area (Å²) in [6.45, 7) is 10.0. The van der Waals surface area contributed by atoms with Crippen molar-refractivity contribution in [1.29, 1.82) is 0 Å². The van der Waals surface area contributed by atoms with Crippen LogP contribution in [0.2, 0.25) is 5.02 Å². The lowest BCUT2D eigenvalue weighted by Crippen LogP contribution is -2.46. The molecule has 2 amide bonds. The molecule has 0 radical (unpaired) electrons. The molecule has 2 N–H and O–H groups in total. The molecule has 3 heterocycles. The average Bonchev–Trinajstić information content (AvgIpc) is 3.09. The van der Waals surface area contributed by atoms with Gasteiger partial charge in [-0.05, 0) is 36.8 Å². The van der Waals surface area contributed by atoms with Gasteiger partial charge in [0.1, 0.15) is 6.54 Å². The van der Waals surface area contributed by atoms with Crippen molar-refractivity contribution >= 4 is 29.4 Å². The number of halogens is 1. The van der Waals surface area contributed by atoms with Gasteiger partial charge in [-0.2, -0.15) is 0 Å². The van der Waals surface area contributed by atoms with E-state index in [2.05, 4.69) is 41.4 Å². The van der Waals surface area contributed by atoms with Gasteiger partial charge in [-0.3, -0.25) is 9.59 Å². The van der Waals surface area contributed by atoms with Crippen LogP contribution in [-0.4, -0.2) is 58.5 Å². The Morgan fingerprint density at radius 1 is 1.29 bits per heavy atom. The first-order chi connectivity index (χ1) is 16.1. The van der Waals surface area contributed by atoms with Crippen molar-refractivity contribution in [3.8, 4) is 11.3 Å². The quantitative estimate of drug-likeness (QED) is 0.644. The molecule has 1 aromatic heterocycles. The lowest BCUT2D eigenvalue weighted by Gasteiger charge is -2.28. The summed E-state index contributed by atoms with van der Waals surface area (Å²) < 4.78 is 5.41. The molecule has 2 aliphatic rings. The SMILES string of the molecule is C[C@@H](NC(=O)CN1Cc2ccc(-c3nc(NC4CCOCC4)ncc3Cl)cc2C1=O)C(C)(C)C. The van der Waals surface area contributed by atoms with Gasteiger partial charge in [0.2, 0.25) is 11.9 Å². The number of hydrogen-bond acceptors (Lipinski definition) is 6. The van der Waals surface area contributed by atoms with Gasteiger partial charge < -0.3 is 20.3 Å². The molecule has 9 heteroatoms. The number of carbonyl (C=O) groups excluding carboxylic acids is 2. The number of carbonyl (C=O) groups is 2. The maximum Gasteiger partial charge on any atom is 0.254 e. The second kappa shape index (κ2) is 9.88. The van der Waals surface area contributed by atoms with E-state index in [-0.39, 0.29) is 35.9 Å². The van der Waals surface area contributed by atoms with Crippen LogP contribution >= 0.6 is 11.6 Å². The normalized spacial score (nSPS) is 17.4. The van der Waals surface area contributed by atoms with Crippen molar-refractivity contribution < 1.29 is 14.3 Å². The molecule has 8 nitrogen and oxygen atoms in total. The van der Waals surface area contributed by atoms with E-state index in [9.17, 15) is 9.59 Å². The van der Waals surface area contributed by atoms with Crippen molar-refractivity contribution in [2.75, 3.05) is 25.1 Å². The fraction of sp³-hybridized carbons (Fsp3) is 0.520. The Hall–Kier alpha value is -2.71. The topological polar surface area (TPSA) is 96.5 Å². The van der Waals surface area contributed by atoms with Gasteiger partial charge in [0.05, 0.1) is 16.9 Å². The molecule has 4 rings (SSSR count). The van der Waals surface area contributed by atoms with Gasteiger partial charge in [0, 0.05) is 43.0 Å². The van der Waals surface area contributed by atoms with Crippen LogP contribution in [0.15, 0.2) is 24.4 Å². The van der Waals surface area contributed by atoms with E-state index in [0.29, 0.717) is 42.0 Å². The van der Waals surface area contributed by atoms with E-state index in [4.69, 9.17) is 16.3 Å². The van der Waals surface area contributed by atoms with Crippen LogP contribution in [-0.2, 0) is 16.1 Å². The monoisotopic (exact) mass is 485 g/mol. The summed E-state index contributed by atoms with van der Waals surface area (Å²) in [7, 11) is 0. The third-order valence-corrected chi connectivity index (χ3v) is 6.85. The molecule has 0 spiro atoms. The van der Waals surface area contributed by atoms with Crippen LogP contribution in [0, 0.1) is 5.41 Å². The molecule has 0 unspecified atom stereocenters. The molecule has 34 heavy (non-hydrogen) atoms. The summed E-state index contributed by atoms with van der Waals surface area (Å²) in [6.07, 6.45) is 3.37. The van der Waals surface area contributed by atoms with Crippen LogP contribution in [0.3, 0.4) is 0 Å². The summed E-state index contributed by atoms with van der Waals surface area (Å²) in [5.41, 5.74) is 2.70. The number of fused-ring (bicyclic) bond motifs is 1. The van der Waals surface area contributed by atoms with Crippen LogP contribution < -0.4 is 10.6 Å². The van der Waals surface area contributed by atoms with E-state index < -0.39 is 0 Å². The Balaban J connectivity index is 1.48. The second-order valence-corrected chi connectivity index (χ2v) is 10.5. The van der Waals surface area contributed by atoms with Crippen molar-refractivity contribution in [1.82, 2.24) is 20.2 Å². The van der Waals surface area contributed by atoms with Crippen molar-refractivity contribution in [3.05, 3.63) is 40.5 Å². The molecule has 0 saturated carbocycles. The molecule has 1 saturated heterocycles. The Kier molecular flexibility index (Phi) is 7.09. The lowest BCUT2D eigenvalue weighted by molar-refractivity contribution is -0.123. The third-order valence-electron chi connectivity index (χ3n) is 6.57. The summed E-state index contributed by atoms with van der Waals surface area (Å²) in [4.78, 5) is 36.1. The van der Waals surface area contributed by atoms with E-state index in [1.54, 1.807) is 17.2 Å². The van der Waals surface area contributed by atoms with Crippen molar-refractivity contribution in [3.63, 3.8) is 0 Å². The number of rotatable bonds is 6. The highest BCUT2D eigenvalue weighted by atomic mass is 35.5. The lowest BCUT2D eigenvalue weighted by atomic mass is 9.88. The van der Waals surface area contributed by atoms with E-state index >= 15 is 0 Å². The Bertz CT molecular complexity index is 1080. The molecule has 2 aliphatic heterocycles. The highest BCUT2D eigenvalue weighted by Crippen LogP contribution is 2.31. The molecule has 182 valence electrons. The van der Waals surface area contributed by atoms with Crippen molar-refractivity contribution in [2.24, 2.45) is 5.41 Å². The molecule has 0 aliphatic carbocycles. The zero-order chi connectivity index (χ0) is 24.5. The number of anilines is 1. The minimum atomic E-state index is -0.166. The van der Waals surface area contributed by atoms with Gasteiger partial charge >= 0.3 is 0 Å². The third kappa shape index (κ3) is 5.50. The van der Waals surface area contributed by atoms with Gasteiger partial charge in [0.15, 0.2) is 0 Å². The number of nitrogens with zero attached hydrogens (tertiary/aromatic N) is 3. The number of nitrogens with one attached hydrogen (secondary N) is 2. The highest BCUT2D eigenvalue weighted by Gasteiger charge is 2.30. The number of benzene rings is 1. The summed E-state index contributed by atoms with van der Waals surface area (Å²) >= 11 is 6.42. The van der Waals surface area contributed by atoms with Crippen molar-refractivity contribution in [2.45, 2.75) is 59.2 Å². The minimum Gasteiger partial charge on any atom is -0.381 e. The van der Waals surface area contributed by atoms with Gasteiger partial charge in [-0.25, -0.2) is 9.97 Å². The first kappa shape index (κ1) is 24.4. The first-order valence-corrected chi connectivity index (χ1v) is 12.1. The number of aromatic nitrogens is 2. The molecular formula is C25H32ClN5O3. The number of ether oxygens (including phenoxy) is 1. The van der Waals surface area contributed by atoms with Crippen LogP contribution in [0.25, 0.3) is 11.3 Å². The molecule has 1 aromatic carbocycles. The molecule has 2 aromatic rings. The standard InChI is InChI=1S/C25H32ClN5O3/c1-15(25(2,3)4)28-21(32)14-31-13-17-6-5-16(11-19(17)23(31)33)22-20(26)12-27-24(30-22)29-18-7-9-34-10-8-18/h5-6,11-12,15,18H,7-10,13-14H2,1-4H3,(H,28,32)(H,27,29,30)/t15-/m1/s1. The Morgan fingerprint density at radius 2 is 2.03 bits per heavy atom. The largest absolute Gasteiger partial charge is 0.381 e. The van der Waals surface area contributed by atoms with E-state index in [1.165, 1.54) is 0 Å². The molecule has 1 atom stereocenters. The zero-order valence-corrected chi connectivity index (χ0v) is 20.9. The first-order valence-electron chi connectivity index (χ1n) is 11.7. The van der Waals surface area contributed by atoms with Gasteiger partial charge in [-0.1, -0.05) is 44.5 Å². The summed E-state index contributed by atoms with van der Waals surface area (Å²) in [6, 6.07) is 5.87. The van der Waals surface area contributed by atoms with Crippen LogP contribution in [0.1, 0.15) is 56.5 Å². The molecule has 1 fully saturated rings. The fourth-order valence-corrected chi connectivity index (χ4v) is 4.18. The van der Waals surface area contributed by atoms with Crippen LogP contribution in [0.4, 0.5) is 5.95 Å². The smallest absolute Gasteiger partial charge is 0.254 e. The fourth-order valence-electron chi connectivity index (χ4n) is 3.98. The van der Waals surface area contributed by atoms with E-state index in [0.717, 1.165) is 24.0 Å². The number of hydrogen-bond donors (Lipinski definition) is 2. The van der Waals surface area contributed by atoms with Crippen LogP contribution in [0.5, 0.6) is 0 Å². The average molecular weight is 486 g/mol. The minimum absolute atomic E-state index is 0.00414. The highest BCUT2D eigenvalue weighted by molar-refractivity contribution is 6.33. The predicted molar refractivity (Wildman–Crippen MR) is 132 cm³/mol.